The first kappa shape index (κ1) is 11.9. The number of aliphatic hydroxyl groups is 1. The summed E-state index contributed by atoms with van der Waals surface area (Å²) in [7, 11) is 0. The van der Waals surface area contributed by atoms with Crippen LogP contribution in [0.1, 0.15) is 13.8 Å². The minimum Gasteiger partial charge on any atom is -0.394 e. The van der Waals surface area contributed by atoms with E-state index < -0.39 is 0 Å². The molecule has 0 aromatic carbocycles. The summed E-state index contributed by atoms with van der Waals surface area (Å²) in [6, 6.07) is 0.429. The van der Waals surface area contributed by atoms with Crippen molar-refractivity contribution >= 4 is 0 Å². The first-order chi connectivity index (χ1) is 6.77. The monoisotopic (exact) mass is 203 g/mol. The van der Waals surface area contributed by atoms with E-state index in [0.717, 1.165) is 26.3 Å². The molecular weight excluding hydrogens is 182 g/mol. The lowest BCUT2D eigenvalue weighted by Gasteiger charge is -2.37. The molecular formula is C10H21NO3. The Hall–Kier alpha value is -0.160. The fraction of sp³-hybridized carbons (Fsp3) is 1.00. The molecule has 2 atom stereocenters. The Kier molecular flexibility index (Phi) is 5.40. The predicted octanol–water partition coefficient (Wildman–Crippen LogP) is 0.104. The Bertz CT molecular complexity index is 154. The lowest BCUT2D eigenvalue weighted by atomic mass is 10.2. The quantitative estimate of drug-likeness (QED) is 0.644. The van der Waals surface area contributed by atoms with Gasteiger partial charge >= 0.3 is 0 Å². The van der Waals surface area contributed by atoms with Crippen LogP contribution >= 0.6 is 0 Å². The number of rotatable bonds is 5. The van der Waals surface area contributed by atoms with Crippen molar-refractivity contribution in [1.82, 2.24) is 4.90 Å². The van der Waals surface area contributed by atoms with Crippen molar-refractivity contribution in [3.8, 4) is 0 Å². The van der Waals surface area contributed by atoms with Crippen LogP contribution in [-0.4, -0.2) is 61.7 Å². The zero-order valence-corrected chi connectivity index (χ0v) is 9.11. The van der Waals surface area contributed by atoms with Gasteiger partial charge in [-0.1, -0.05) is 0 Å². The van der Waals surface area contributed by atoms with Crippen molar-refractivity contribution in [3.63, 3.8) is 0 Å². The van der Waals surface area contributed by atoms with E-state index in [1.807, 2.05) is 6.92 Å². The zero-order valence-electron chi connectivity index (χ0n) is 9.11. The highest BCUT2D eigenvalue weighted by Gasteiger charge is 2.24. The van der Waals surface area contributed by atoms with Crippen LogP contribution < -0.4 is 0 Å². The zero-order chi connectivity index (χ0) is 10.4. The highest BCUT2D eigenvalue weighted by Crippen LogP contribution is 2.10. The summed E-state index contributed by atoms with van der Waals surface area (Å²) >= 11 is 0. The van der Waals surface area contributed by atoms with Gasteiger partial charge < -0.3 is 14.6 Å². The van der Waals surface area contributed by atoms with E-state index in [9.17, 15) is 0 Å². The van der Waals surface area contributed by atoms with Gasteiger partial charge in [-0.15, -0.1) is 0 Å². The molecule has 0 amide bonds. The van der Waals surface area contributed by atoms with Gasteiger partial charge in [0.15, 0.2) is 0 Å². The summed E-state index contributed by atoms with van der Waals surface area (Å²) in [6.45, 7) is 8.22. The Balaban J connectivity index is 2.25. The Morgan fingerprint density at radius 2 is 2.36 bits per heavy atom. The SMILES string of the molecule is CCOCCN1CC(CO)OCC1C. The number of hydrogen-bond acceptors (Lipinski definition) is 4. The molecule has 0 radical (unpaired) electrons. The predicted molar refractivity (Wildman–Crippen MR) is 54.4 cm³/mol. The van der Waals surface area contributed by atoms with Crippen LogP contribution in [0, 0.1) is 0 Å². The van der Waals surface area contributed by atoms with Gasteiger partial charge in [0.25, 0.3) is 0 Å². The normalized spacial score (nSPS) is 29.4. The molecule has 2 unspecified atom stereocenters. The van der Waals surface area contributed by atoms with Crippen molar-refractivity contribution in [3.05, 3.63) is 0 Å². The number of nitrogens with zero attached hydrogens (tertiary/aromatic N) is 1. The smallest absolute Gasteiger partial charge is 0.0933 e. The van der Waals surface area contributed by atoms with Crippen LogP contribution in [0.3, 0.4) is 0 Å². The van der Waals surface area contributed by atoms with E-state index in [2.05, 4.69) is 11.8 Å². The second kappa shape index (κ2) is 6.35. The van der Waals surface area contributed by atoms with Gasteiger partial charge in [0, 0.05) is 25.7 Å². The number of hydrogen-bond donors (Lipinski definition) is 1. The Morgan fingerprint density at radius 3 is 3.00 bits per heavy atom. The molecule has 1 fully saturated rings. The minimum absolute atomic E-state index is 0.0205. The summed E-state index contributed by atoms with van der Waals surface area (Å²) in [5.41, 5.74) is 0. The lowest BCUT2D eigenvalue weighted by Crippen LogP contribution is -2.50. The molecule has 4 heteroatoms. The van der Waals surface area contributed by atoms with Crippen LogP contribution in [-0.2, 0) is 9.47 Å². The second-order valence-electron chi connectivity index (χ2n) is 3.68. The second-order valence-corrected chi connectivity index (χ2v) is 3.68. The first-order valence-electron chi connectivity index (χ1n) is 5.32. The molecule has 0 saturated carbocycles. The summed E-state index contributed by atoms with van der Waals surface area (Å²) in [5.74, 6) is 0. The van der Waals surface area contributed by atoms with Crippen LogP contribution in [0.4, 0.5) is 0 Å². The van der Waals surface area contributed by atoms with Crippen LogP contribution in [0.2, 0.25) is 0 Å². The van der Waals surface area contributed by atoms with E-state index in [-0.39, 0.29) is 12.7 Å². The maximum atomic E-state index is 8.98. The summed E-state index contributed by atoms with van der Waals surface area (Å²) in [5, 5.41) is 8.98. The molecule has 0 aromatic rings. The molecule has 14 heavy (non-hydrogen) atoms. The van der Waals surface area contributed by atoms with Crippen molar-refractivity contribution in [2.75, 3.05) is 39.5 Å². The summed E-state index contributed by atoms with van der Waals surface area (Å²) in [6.07, 6.45) is -0.0205. The van der Waals surface area contributed by atoms with E-state index in [4.69, 9.17) is 14.6 Å². The average Bonchev–Trinajstić information content (AvgIpc) is 2.21. The van der Waals surface area contributed by atoms with E-state index >= 15 is 0 Å². The van der Waals surface area contributed by atoms with E-state index in [1.165, 1.54) is 0 Å². The molecule has 0 aliphatic carbocycles. The highest BCUT2D eigenvalue weighted by molar-refractivity contribution is 4.76. The molecule has 1 rings (SSSR count). The highest BCUT2D eigenvalue weighted by atomic mass is 16.5. The first-order valence-corrected chi connectivity index (χ1v) is 5.32. The molecule has 84 valence electrons. The van der Waals surface area contributed by atoms with Crippen molar-refractivity contribution in [2.24, 2.45) is 0 Å². The van der Waals surface area contributed by atoms with Crippen LogP contribution in [0.15, 0.2) is 0 Å². The Labute approximate surface area is 85.8 Å². The molecule has 4 nitrogen and oxygen atoms in total. The third kappa shape index (κ3) is 3.53. The van der Waals surface area contributed by atoms with Gasteiger partial charge in [-0.25, -0.2) is 0 Å². The molecule has 1 saturated heterocycles. The van der Waals surface area contributed by atoms with Gasteiger partial charge in [0.1, 0.15) is 0 Å². The lowest BCUT2D eigenvalue weighted by molar-refractivity contribution is -0.0826. The van der Waals surface area contributed by atoms with Crippen molar-refractivity contribution < 1.29 is 14.6 Å². The van der Waals surface area contributed by atoms with Gasteiger partial charge in [-0.2, -0.15) is 0 Å². The molecule has 1 aliphatic rings. The fourth-order valence-electron chi connectivity index (χ4n) is 1.62. The average molecular weight is 203 g/mol. The Morgan fingerprint density at radius 1 is 1.57 bits per heavy atom. The maximum absolute atomic E-state index is 8.98. The number of aliphatic hydroxyl groups excluding tert-OH is 1. The van der Waals surface area contributed by atoms with E-state index in [0.29, 0.717) is 12.6 Å². The van der Waals surface area contributed by atoms with E-state index in [1.54, 1.807) is 0 Å². The summed E-state index contributed by atoms with van der Waals surface area (Å²) < 4.78 is 10.8. The summed E-state index contributed by atoms with van der Waals surface area (Å²) in [4.78, 5) is 2.31. The third-order valence-electron chi connectivity index (χ3n) is 2.57. The molecule has 1 N–H and O–H groups in total. The topological polar surface area (TPSA) is 41.9 Å². The number of morpholine rings is 1. The van der Waals surface area contributed by atoms with Crippen LogP contribution in [0.5, 0.6) is 0 Å². The van der Waals surface area contributed by atoms with Gasteiger partial charge in [0.05, 0.1) is 25.9 Å². The molecule has 0 bridgehead atoms. The molecule has 0 spiro atoms. The van der Waals surface area contributed by atoms with Gasteiger partial charge in [0.2, 0.25) is 0 Å². The maximum Gasteiger partial charge on any atom is 0.0933 e. The largest absolute Gasteiger partial charge is 0.394 e. The third-order valence-corrected chi connectivity index (χ3v) is 2.57. The molecule has 0 aromatic heterocycles. The number of ether oxygens (including phenoxy) is 2. The van der Waals surface area contributed by atoms with Gasteiger partial charge in [-0.3, -0.25) is 4.90 Å². The van der Waals surface area contributed by atoms with Gasteiger partial charge in [-0.05, 0) is 13.8 Å². The van der Waals surface area contributed by atoms with Crippen LogP contribution in [0.25, 0.3) is 0 Å². The van der Waals surface area contributed by atoms with Crippen molar-refractivity contribution in [2.45, 2.75) is 26.0 Å². The molecule has 1 heterocycles. The minimum atomic E-state index is -0.0205. The fourth-order valence-corrected chi connectivity index (χ4v) is 1.62. The molecule has 1 aliphatic heterocycles. The standard InChI is InChI=1S/C10H21NO3/c1-3-13-5-4-11-6-10(7-12)14-8-9(11)2/h9-10,12H,3-8H2,1-2H3. The van der Waals surface area contributed by atoms with Crippen molar-refractivity contribution in [1.29, 1.82) is 0 Å².